The van der Waals surface area contributed by atoms with Crippen molar-refractivity contribution in [2.24, 2.45) is 5.92 Å². The predicted molar refractivity (Wildman–Crippen MR) is 67.0 cm³/mol. The highest BCUT2D eigenvalue weighted by Crippen LogP contribution is 2.49. The van der Waals surface area contributed by atoms with Gasteiger partial charge in [-0.05, 0) is 24.3 Å². The molecule has 3 nitrogen and oxygen atoms in total. The van der Waals surface area contributed by atoms with Crippen molar-refractivity contribution in [2.75, 3.05) is 0 Å². The molecule has 2 aromatic rings. The average Bonchev–Trinajstić information content (AvgIpc) is 3.00. The van der Waals surface area contributed by atoms with Gasteiger partial charge in [-0.15, -0.1) is 11.3 Å². The van der Waals surface area contributed by atoms with Crippen LogP contribution in [0.25, 0.3) is 11.3 Å². The van der Waals surface area contributed by atoms with E-state index in [1.165, 1.54) is 16.1 Å². The van der Waals surface area contributed by atoms with Crippen molar-refractivity contribution < 1.29 is 5.11 Å². The van der Waals surface area contributed by atoms with Gasteiger partial charge in [-0.2, -0.15) is 0 Å². The van der Waals surface area contributed by atoms with Crippen molar-refractivity contribution in [1.82, 2.24) is 9.55 Å². The summed E-state index contributed by atoms with van der Waals surface area (Å²) in [6.45, 7) is 0. The summed E-state index contributed by atoms with van der Waals surface area (Å²) in [7, 11) is 0. The molecular formula is C13H14N2OS. The van der Waals surface area contributed by atoms with Crippen LogP contribution in [0, 0.1) is 5.92 Å². The van der Waals surface area contributed by atoms with E-state index in [-0.39, 0.29) is 6.10 Å². The molecule has 4 rings (SSSR count). The molecular weight excluding hydrogens is 232 g/mol. The van der Waals surface area contributed by atoms with Crippen LogP contribution in [0.15, 0.2) is 24.0 Å². The monoisotopic (exact) mass is 246 g/mol. The molecule has 0 aromatic carbocycles. The number of rotatable bonds is 1. The molecule has 0 bridgehead atoms. The summed E-state index contributed by atoms with van der Waals surface area (Å²) in [4.78, 5) is 5.67. The van der Waals surface area contributed by atoms with E-state index >= 15 is 0 Å². The van der Waals surface area contributed by atoms with Gasteiger partial charge in [-0.1, -0.05) is 6.42 Å². The lowest BCUT2D eigenvalue weighted by atomic mass is 9.95. The van der Waals surface area contributed by atoms with Gasteiger partial charge in [-0.3, -0.25) is 0 Å². The second kappa shape index (κ2) is 3.43. The predicted octanol–water partition coefficient (Wildman–Crippen LogP) is 2.68. The third-order valence-corrected chi connectivity index (χ3v) is 5.13. The van der Waals surface area contributed by atoms with E-state index in [0.29, 0.717) is 12.0 Å². The maximum Gasteiger partial charge on any atom is 0.0957 e. The van der Waals surface area contributed by atoms with Crippen LogP contribution >= 0.6 is 11.3 Å². The molecule has 1 N–H and O–H groups in total. The summed E-state index contributed by atoms with van der Waals surface area (Å²) >= 11 is 1.81. The number of aliphatic hydroxyl groups excluding tert-OH is 1. The smallest absolute Gasteiger partial charge is 0.0957 e. The second-order valence-electron chi connectivity index (χ2n) is 4.99. The van der Waals surface area contributed by atoms with Crippen LogP contribution in [0.4, 0.5) is 0 Å². The first-order valence-electron chi connectivity index (χ1n) is 6.14. The number of hydrogen-bond donors (Lipinski definition) is 1. The molecule has 4 heteroatoms. The maximum atomic E-state index is 10.1. The van der Waals surface area contributed by atoms with E-state index in [4.69, 9.17) is 0 Å². The fourth-order valence-electron chi connectivity index (χ4n) is 3.36. The highest BCUT2D eigenvalue weighted by atomic mass is 32.1. The summed E-state index contributed by atoms with van der Waals surface area (Å²) < 4.78 is 2.25. The Morgan fingerprint density at radius 1 is 1.41 bits per heavy atom. The molecule has 0 saturated heterocycles. The first-order valence-corrected chi connectivity index (χ1v) is 7.02. The number of aromatic nitrogens is 2. The van der Waals surface area contributed by atoms with Crippen molar-refractivity contribution >= 4 is 11.3 Å². The fourth-order valence-corrected chi connectivity index (χ4v) is 4.44. The van der Waals surface area contributed by atoms with Gasteiger partial charge in [0.1, 0.15) is 0 Å². The summed E-state index contributed by atoms with van der Waals surface area (Å²) in [5.74, 6) is 0.364. The number of hydrogen-bond acceptors (Lipinski definition) is 3. The zero-order valence-electron chi connectivity index (χ0n) is 9.41. The molecule has 1 aliphatic heterocycles. The van der Waals surface area contributed by atoms with Gasteiger partial charge in [0.25, 0.3) is 0 Å². The van der Waals surface area contributed by atoms with Crippen molar-refractivity contribution in [3.8, 4) is 11.3 Å². The van der Waals surface area contributed by atoms with Crippen LogP contribution in [0.2, 0.25) is 0 Å². The molecule has 0 spiro atoms. The third-order valence-electron chi connectivity index (χ3n) is 4.14. The van der Waals surface area contributed by atoms with Crippen LogP contribution in [0.3, 0.4) is 0 Å². The average molecular weight is 246 g/mol. The van der Waals surface area contributed by atoms with Gasteiger partial charge in [-0.25, -0.2) is 4.98 Å². The zero-order chi connectivity index (χ0) is 11.4. The van der Waals surface area contributed by atoms with Crippen molar-refractivity contribution in [3.63, 3.8) is 0 Å². The molecule has 17 heavy (non-hydrogen) atoms. The van der Waals surface area contributed by atoms with Crippen LogP contribution in [-0.4, -0.2) is 20.8 Å². The Labute approximate surface area is 104 Å². The van der Waals surface area contributed by atoms with E-state index in [2.05, 4.69) is 21.0 Å². The molecule has 3 heterocycles. The van der Waals surface area contributed by atoms with Gasteiger partial charge in [0.2, 0.25) is 0 Å². The Hall–Kier alpha value is -1.13. The standard InChI is InChI=1S/C13H14N2OS/c16-11-3-1-2-9(11)12-13-8(4-5-17-13)10-6-14-7-15(10)12/h4-7,9,11-12,16H,1-3H2/t9-,11-,12?/m1/s1. The highest BCUT2D eigenvalue weighted by Gasteiger charge is 2.40. The first-order chi connectivity index (χ1) is 8.36. The summed E-state index contributed by atoms with van der Waals surface area (Å²) in [6.07, 6.45) is 6.92. The molecule has 1 unspecified atom stereocenters. The minimum atomic E-state index is -0.150. The first kappa shape index (κ1) is 9.85. The fraction of sp³-hybridized carbons (Fsp3) is 0.462. The molecule has 0 amide bonds. The van der Waals surface area contributed by atoms with Gasteiger partial charge in [0, 0.05) is 16.4 Å². The number of thiophene rings is 1. The van der Waals surface area contributed by atoms with Crippen molar-refractivity contribution in [3.05, 3.63) is 28.8 Å². The number of nitrogens with zero attached hydrogens (tertiary/aromatic N) is 2. The Morgan fingerprint density at radius 3 is 3.18 bits per heavy atom. The van der Waals surface area contributed by atoms with Gasteiger partial charge in [0.15, 0.2) is 0 Å². The Balaban J connectivity index is 1.87. The van der Waals surface area contributed by atoms with Crippen LogP contribution in [0.5, 0.6) is 0 Å². The van der Waals surface area contributed by atoms with E-state index in [1.54, 1.807) is 0 Å². The third kappa shape index (κ3) is 1.22. The largest absolute Gasteiger partial charge is 0.393 e. The maximum absolute atomic E-state index is 10.1. The lowest BCUT2D eigenvalue weighted by molar-refractivity contribution is 0.113. The summed E-state index contributed by atoms with van der Waals surface area (Å²) in [6, 6.07) is 2.49. The lowest BCUT2D eigenvalue weighted by Crippen LogP contribution is -2.23. The molecule has 1 fully saturated rings. The van der Waals surface area contributed by atoms with Gasteiger partial charge < -0.3 is 9.67 Å². The van der Waals surface area contributed by atoms with Gasteiger partial charge >= 0.3 is 0 Å². The zero-order valence-corrected chi connectivity index (χ0v) is 10.2. The van der Waals surface area contributed by atoms with E-state index in [1.807, 2.05) is 23.9 Å². The highest BCUT2D eigenvalue weighted by molar-refractivity contribution is 7.10. The lowest BCUT2D eigenvalue weighted by Gasteiger charge is -2.23. The molecule has 0 radical (unpaired) electrons. The normalized spacial score (nSPS) is 30.5. The van der Waals surface area contributed by atoms with E-state index in [9.17, 15) is 5.11 Å². The topological polar surface area (TPSA) is 38.1 Å². The molecule has 88 valence electrons. The molecule has 2 aromatic heterocycles. The minimum absolute atomic E-state index is 0.150. The van der Waals surface area contributed by atoms with Crippen LogP contribution in [-0.2, 0) is 0 Å². The number of aliphatic hydroxyl groups is 1. The van der Waals surface area contributed by atoms with E-state index in [0.717, 1.165) is 19.3 Å². The van der Waals surface area contributed by atoms with Gasteiger partial charge in [0.05, 0.1) is 30.4 Å². The van der Waals surface area contributed by atoms with Crippen LogP contribution in [0.1, 0.15) is 30.2 Å². The SMILES string of the molecule is O[C@@H]1CCC[C@H]1C1c2sccc2-c2cncn21. The summed E-state index contributed by atoms with van der Waals surface area (Å²) in [5, 5.41) is 12.3. The Bertz CT molecular complexity index is 519. The van der Waals surface area contributed by atoms with E-state index < -0.39 is 0 Å². The Morgan fingerprint density at radius 2 is 2.35 bits per heavy atom. The number of imidazole rings is 1. The molecule has 1 saturated carbocycles. The molecule has 1 aliphatic carbocycles. The Kier molecular flexibility index (Phi) is 1.99. The molecule has 3 atom stereocenters. The quantitative estimate of drug-likeness (QED) is 0.840. The number of fused-ring (bicyclic) bond motifs is 3. The summed E-state index contributed by atoms with van der Waals surface area (Å²) in [5.41, 5.74) is 2.53. The van der Waals surface area contributed by atoms with Crippen molar-refractivity contribution in [1.29, 1.82) is 0 Å². The molecule has 2 aliphatic rings. The van der Waals surface area contributed by atoms with Crippen molar-refractivity contribution in [2.45, 2.75) is 31.4 Å². The van der Waals surface area contributed by atoms with Crippen LogP contribution < -0.4 is 0 Å². The second-order valence-corrected chi connectivity index (χ2v) is 5.94. The minimum Gasteiger partial charge on any atom is -0.393 e.